The van der Waals surface area contributed by atoms with Gasteiger partial charge in [-0.3, -0.25) is 34.8 Å². The molecule has 11 heteroatoms. The van der Waals surface area contributed by atoms with E-state index in [0.717, 1.165) is 0 Å². The maximum Gasteiger partial charge on any atom is 0.300 e. The van der Waals surface area contributed by atoms with Crippen LogP contribution in [0.5, 0.6) is 11.5 Å². The van der Waals surface area contributed by atoms with Gasteiger partial charge in [0.15, 0.2) is 0 Å². The molecule has 4 rings (SSSR count). The van der Waals surface area contributed by atoms with Gasteiger partial charge < -0.3 is 15.3 Å². The van der Waals surface area contributed by atoms with Gasteiger partial charge in [-0.05, 0) is 48.9 Å². The first kappa shape index (κ1) is 24.9. The number of non-ortho nitro benzene ring substituents is 1. The number of methoxy groups -OCH3 is 1. The number of carbonyl (C=O) groups excluding carboxylic acids is 3. The zero-order valence-electron chi connectivity index (χ0n) is 19.8. The van der Waals surface area contributed by atoms with E-state index < -0.39 is 28.6 Å². The zero-order valence-corrected chi connectivity index (χ0v) is 19.8. The van der Waals surface area contributed by atoms with Crippen molar-refractivity contribution < 1.29 is 29.2 Å². The number of carbonyl (C=O) groups is 3. The molecule has 0 aliphatic carbocycles. The first-order valence-corrected chi connectivity index (χ1v) is 11.0. The molecule has 1 unspecified atom stereocenters. The van der Waals surface area contributed by atoms with Crippen molar-refractivity contribution >= 4 is 29.0 Å². The Labute approximate surface area is 211 Å². The van der Waals surface area contributed by atoms with Crippen molar-refractivity contribution in [3.05, 3.63) is 105 Å². The first-order chi connectivity index (χ1) is 17.7. The largest absolute Gasteiger partial charge is 0.507 e. The van der Waals surface area contributed by atoms with Crippen LogP contribution in [0.15, 0.2) is 84.1 Å². The molecule has 37 heavy (non-hydrogen) atoms. The standard InChI is InChI=1S/C26H22N4O7/c1-15(27-28-25(33)20-8-3-4-9-21(20)31)22-23(16-6-5-7-18(14-16)30(35)36)29(26(34)24(22)32)17-10-12-19(37-2)13-11-17/h3-14,23,27,31H,1-2H3,(H,28,33)/b22-15-. The van der Waals surface area contributed by atoms with Gasteiger partial charge in [-0.25, -0.2) is 0 Å². The molecule has 0 aromatic heterocycles. The number of rotatable bonds is 7. The molecule has 3 N–H and O–H groups in total. The van der Waals surface area contributed by atoms with E-state index in [1.807, 2.05) is 0 Å². The van der Waals surface area contributed by atoms with Crippen LogP contribution in [0.25, 0.3) is 0 Å². The molecule has 0 bridgehead atoms. The quantitative estimate of drug-likeness (QED) is 0.193. The van der Waals surface area contributed by atoms with Crippen LogP contribution < -0.4 is 20.5 Å². The van der Waals surface area contributed by atoms with Gasteiger partial charge in [-0.2, -0.15) is 0 Å². The summed E-state index contributed by atoms with van der Waals surface area (Å²) in [5.41, 5.74) is 5.68. The fourth-order valence-electron chi connectivity index (χ4n) is 4.05. The average Bonchev–Trinajstić information content (AvgIpc) is 3.17. The van der Waals surface area contributed by atoms with E-state index in [2.05, 4.69) is 10.9 Å². The average molecular weight is 502 g/mol. The minimum Gasteiger partial charge on any atom is -0.507 e. The topological polar surface area (TPSA) is 151 Å². The lowest BCUT2D eigenvalue weighted by atomic mass is 9.96. The van der Waals surface area contributed by atoms with Crippen LogP contribution in [0, 0.1) is 10.1 Å². The van der Waals surface area contributed by atoms with Gasteiger partial charge in [0.05, 0.1) is 29.2 Å². The highest BCUT2D eigenvalue weighted by Crippen LogP contribution is 2.41. The molecule has 0 saturated carbocycles. The van der Waals surface area contributed by atoms with Crippen molar-refractivity contribution in [1.82, 2.24) is 10.9 Å². The number of ketones is 1. The number of nitrogens with zero attached hydrogens (tertiary/aromatic N) is 2. The molecule has 3 aromatic carbocycles. The van der Waals surface area contributed by atoms with E-state index in [1.54, 1.807) is 42.5 Å². The molecule has 1 heterocycles. The van der Waals surface area contributed by atoms with E-state index in [9.17, 15) is 29.6 Å². The molecule has 0 radical (unpaired) electrons. The van der Waals surface area contributed by atoms with Crippen LogP contribution in [0.3, 0.4) is 0 Å². The summed E-state index contributed by atoms with van der Waals surface area (Å²) < 4.78 is 5.17. The third-order valence-corrected chi connectivity index (χ3v) is 5.85. The van der Waals surface area contributed by atoms with E-state index in [4.69, 9.17) is 4.74 Å². The Kier molecular flexibility index (Phi) is 6.87. The monoisotopic (exact) mass is 502 g/mol. The number of ether oxygens (including phenoxy) is 1. The van der Waals surface area contributed by atoms with Crippen molar-refractivity contribution in [3.8, 4) is 11.5 Å². The van der Waals surface area contributed by atoms with E-state index in [0.29, 0.717) is 17.0 Å². The third kappa shape index (κ3) is 4.82. The number of nitrogens with one attached hydrogen (secondary N) is 2. The number of benzene rings is 3. The van der Waals surface area contributed by atoms with Crippen molar-refractivity contribution in [2.24, 2.45) is 0 Å². The number of allylic oxidation sites excluding steroid dienone is 1. The molecule has 0 spiro atoms. The second-order valence-corrected chi connectivity index (χ2v) is 8.09. The highest BCUT2D eigenvalue weighted by molar-refractivity contribution is 6.50. The Morgan fingerprint density at radius 2 is 1.73 bits per heavy atom. The maximum absolute atomic E-state index is 13.2. The summed E-state index contributed by atoms with van der Waals surface area (Å²) in [4.78, 5) is 51.1. The van der Waals surface area contributed by atoms with Gasteiger partial charge in [0.1, 0.15) is 11.5 Å². The number of amides is 2. The predicted molar refractivity (Wildman–Crippen MR) is 133 cm³/mol. The Hall–Kier alpha value is -5.19. The minimum atomic E-state index is -1.03. The Morgan fingerprint density at radius 1 is 1.03 bits per heavy atom. The van der Waals surface area contributed by atoms with Crippen molar-refractivity contribution in [2.45, 2.75) is 13.0 Å². The number of hydrogen-bond donors (Lipinski definition) is 3. The van der Waals surface area contributed by atoms with Crippen LogP contribution in [-0.4, -0.2) is 34.7 Å². The second kappa shape index (κ2) is 10.2. The highest BCUT2D eigenvalue weighted by Gasteiger charge is 2.46. The molecule has 1 aliphatic rings. The van der Waals surface area contributed by atoms with Crippen LogP contribution >= 0.6 is 0 Å². The summed E-state index contributed by atoms with van der Waals surface area (Å²) in [5, 5.41) is 21.3. The Bertz CT molecular complexity index is 1430. The summed E-state index contributed by atoms with van der Waals surface area (Å²) >= 11 is 0. The number of phenols is 1. The number of anilines is 1. The number of aromatic hydroxyl groups is 1. The van der Waals surface area contributed by atoms with Gasteiger partial charge in [0, 0.05) is 23.5 Å². The van der Waals surface area contributed by atoms with E-state index in [-0.39, 0.29) is 28.3 Å². The lowest BCUT2D eigenvalue weighted by Gasteiger charge is -2.26. The number of nitro groups is 1. The number of hydrazine groups is 1. The Morgan fingerprint density at radius 3 is 2.38 bits per heavy atom. The van der Waals surface area contributed by atoms with Crippen molar-refractivity contribution in [1.29, 1.82) is 0 Å². The maximum atomic E-state index is 13.2. The fraction of sp³-hybridized carbons (Fsp3) is 0.115. The molecular formula is C26H22N4O7. The fourth-order valence-corrected chi connectivity index (χ4v) is 4.05. The molecule has 188 valence electrons. The molecule has 1 atom stereocenters. The molecule has 11 nitrogen and oxygen atoms in total. The van der Waals surface area contributed by atoms with E-state index in [1.165, 1.54) is 49.3 Å². The Balaban J connectivity index is 1.77. The molecule has 1 fully saturated rings. The van der Waals surface area contributed by atoms with Crippen molar-refractivity contribution in [3.63, 3.8) is 0 Å². The lowest BCUT2D eigenvalue weighted by molar-refractivity contribution is -0.384. The lowest BCUT2D eigenvalue weighted by Crippen LogP contribution is -2.37. The number of Topliss-reactive ketones (excluding diaryl/α,β-unsaturated/α-hetero) is 1. The zero-order chi connectivity index (χ0) is 26.7. The molecular weight excluding hydrogens is 480 g/mol. The smallest absolute Gasteiger partial charge is 0.300 e. The normalized spacial score (nSPS) is 16.4. The van der Waals surface area contributed by atoms with E-state index >= 15 is 0 Å². The van der Waals surface area contributed by atoms with Gasteiger partial charge in [-0.1, -0.05) is 24.3 Å². The van der Waals surface area contributed by atoms with Crippen LogP contribution in [-0.2, 0) is 9.59 Å². The summed E-state index contributed by atoms with van der Waals surface area (Å²) in [6, 6.07) is 17.0. The van der Waals surface area contributed by atoms with Gasteiger partial charge in [-0.15, -0.1) is 0 Å². The molecule has 1 aliphatic heterocycles. The summed E-state index contributed by atoms with van der Waals surface area (Å²) in [7, 11) is 1.49. The van der Waals surface area contributed by atoms with Crippen molar-refractivity contribution in [2.75, 3.05) is 12.0 Å². The SMILES string of the molecule is COc1ccc(N2C(=O)C(=O)/C(=C(/C)NNC(=O)c3ccccc3O)C2c2cccc([N+](=O)[O-])c2)cc1. The molecule has 3 aromatic rings. The van der Waals surface area contributed by atoms with Crippen LogP contribution in [0.2, 0.25) is 0 Å². The first-order valence-electron chi connectivity index (χ1n) is 11.0. The second-order valence-electron chi connectivity index (χ2n) is 8.09. The van der Waals surface area contributed by atoms with Crippen LogP contribution in [0.4, 0.5) is 11.4 Å². The number of phenolic OH excluding ortho intramolecular Hbond substituents is 1. The number of para-hydroxylation sites is 1. The summed E-state index contributed by atoms with van der Waals surface area (Å²) in [6.45, 7) is 1.49. The summed E-state index contributed by atoms with van der Waals surface area (Å²) in [5.74, 6) is -2.05. The minimum absolute atomic E-state index is 0.00102. The van der Waals surface area contributed by atoms with Gasteiger partial charge in [0.2, 0.25) is 0 Å². The third-order valence-electron chi connectivity index (χ3n) is 5.85. The molecule has 1 saturated heterocycles. The van der Waals surface area contributed by atoms with Gasteiger partial charge in [0.25, 0.3) is 23.3 Å². The molecule has 2 amide bonds. The van der Waals surface area contributed by atoms with Gasteiger partial charge >= 0.3 is 0 Å². The predicted octanol–water partition coefficient (Wildman–Crippen LogP) is 3.17. The number of nitro benzene ring substituents is 1. The highest BCUT2D eigenvalue weighted by atomic mass is 16.6. The van der Waals surface area contributed by atoms with Crippen LogP contribution in [0.1, 0.15) is 28.9 Å². The number of hydrogen-bond acceptors (Lipinski definition) is 8. The summed E-state index contributed by atoms with van der Waals surface area (Å²) in [6.07, 6.45) is 0.